The first-order valence-corrected chi connectivity index (χ1v) is 13.3. The van der Waals surface area contributed by atoms with Crippen LogP contribution in [0.15, 0.2) is 54.0 Å². The van der Waals surface area contributed by atoms with Gasteiger partial charge in [0.15, 0.2) is 0 Å². The van der Waals surface area contributed by atoms with Gasteiger partial charge in [-0.2, -0.15) is 0 Å². The van der Waals surface area contributed by atoms with Crippen LogP contribution < -0.4 is 0 Å². The zero-order valence-electron chi connectivity index (χ0n) is 21.4. The molecule has 2 aromatic heterocycles. The lowest BCUT2D eigenvalue weighted by molar-refractivity contribution is 0.134. The number of aromatic nitrogens is 3. The molecular formula is C30H35N5. The third kappa shape index (κ3) is 3.09. The molecule has 0 N–H and O–H groups in total. The number of nitrogens with zero attached hydrogens (tertiary/aromatic N) is 5. The highest BCUT2D eigenvalue weighted by molar-refractivity contribution is 5.95. The van der Waals surface area contributed by atoms with Crippen LogP contribution in [0, 0.1) is 24.7 Å². The van der Waals surface area contributed by atoms with Crippen molar-refractivity contribution in [2.24, 2.45) is 15.8 Å². The third-order valence-corrected chi connectivity index (χ3v) is 9.39. The molecule has 4 heterocycles. The SMILES string of the molecule is CCc1cc(C2CC23CC2(CC2)CN2C3=NCC2(C)c2ccc(C)cn2)ccc1-n1cnc(C)c1. The largest absolute Gasteiger partial charge is 0.346 e. The molecule has 3 fully saturated rings. The maximum atomic E-state index is 5.29. The summed E-state index contributed by atoms with van der Waals surface area (Å²) in [5.74, 6) is 1.94. The van der Waals surface area contributed by atoms with E-state index in [0.717, 1.165) is 25.2 Å². The molecule has 0 bridgehead atoms. The maximum Gasteiger partial charge on any atom is 0.107 e. The fraction of sp³-hybridized carbons (Fsp3) is 0.500. The molecule has 7 rings (SSSR count). The van der Waals surface area contributed by atoms with Crippen LogP contribution in [0.3, 0.4) is 0 Å². The van der Waals surface area contributed by atoms with Crippen LogP contribution in [-0.4, -0.2) is 38.4 Å². The molecule has 2 aliphatic heterocycles. The standard InChI is InChI=1S/C30H35N5/c1-5-22-12-23(7-8-25(22)34-15-21(3)33-19-34)24-13-30(24)16-29(10-11-29)18-35-27(30)32-17-28(35,4)26-9-6-20(2)14-31-26/h6-9,12,14-15,19,24H,5,10-11,13,16-18H2,1-4H3. The first kappa shape index (κ1) is 21.3. The summed E-state index contributed by atoms with van der Waals surface area (Å²) in [6.45, 7) is 10.8. The van der Waals surface area contributed by atoms with Crippen LogP contribution in [0.4, 0.5) is 0 Å². The predicted octanol–water partition coefficient (Wildman–Crippen LogP) is 5.73. The molecule has 1 saturated heterocycles. The number of piperidine rings is 1. The third-order valence-electron chi connectivity index (χ3n) is 9.39. The summed E-state index contributed by atoms with van der Waals surface area (Å²) in [7, 11) is 0. The topological polar surface area (TPSA) is 46.3 Å². The van der Waals surface area contributed by atoms with E-state index in [-0.39, 0.29) is 11.0 Å². The van der Waals surface area contributed by atoms with Crippen molar-refractivity contribution in [3.8, 4) is 5.69 Å². The Morgan fingerprint density at radius 3 is 2.63 bits per heavy atom. The molecule has 35 heavy (non-hydrogen) atoms. The van der Waals surface area contributed by atoms with Crippen molar-refractivity contribution in [2.75, 3.05) is 13.1 Å². The van der Waals surface area contributed by atoms with E-state index in [9.17, 15) is 0 Å². The van der Waals surface area contributed by atoms with Gasteiger partial charge >= 0.3 is 0 Å². The van der Waals surface area contributed by atoms with Gasteiger partial charge in [0.05, 0.1) is 24.3 Å². The van der Waals surface area contributed by atoms with Crippen molar-refractivity contribution in [3.05, 3.63) is 77.1 Å². The highest BCUT2D eigenvalue weighted by atomic mass is 15.3. The highest BCUT2D eigenvalue weighted by Crippen LogP contribution is 2.73. The summed E-state index contributed by atoms with van der Waals surface area (Å²) in [6.07, 6.45) is 12.4. The minimum atomic E-state index is -0.128. The second-order valence-electron chi connectivity index (χ2n) is 12.0. The molecule has 5 heteroatoms. The maximum absolute atomic E-state index is 5.29. The van der Waals surface area contributed by atoms with E-state index in [1.54, 1.807) is 0 Å². The van der Waals surface area contributed by atoms with E-state index >= 15 is 0 Å². The molecule has 1 aromatic carbocycles. The van der Waals surface area contributed by atoms with E-state index < -0.39 is 0 Å². The number of imidazole rings is 1. The van der Waals surface area contributed by atoms with Gasteiger partial charge in [0.2, 0.25) is 0 Å². The average molecular weight is 466 g/mol. The smallest absolute Gasteiger partial charge is 0.107 e. The monoisotopic (exact) mass is 465 g/mol. The Labute approximate surface area is 208 Å². The van der Waals surface area contributed by atoms with Gasteiger partial charge in [-0.3, -0.25) is 9.98 Å². The lowest BCUT2D eigenvalue weighted by Crippen LogP contribution is -2.54. The lowest BCUT2D eigenvalue weighted by Gasteiger charge is -2.46. The van der Waals surface area contributed by atoms with Gasteiger partial charge in [-0.15, -0.1) is 0 Å². The summed E-state index contributed by atoms with van der Waals surface area (Å²) < 4.78 is 2.17. The van der Waals surface area contributed by atoms with Crippen molar-refractivity contribution in [3.63, 3.8) is 0 Å². The number of pyridine rings is 1. The van der Waals surface area contributed by atoms with E-state index in [1.807, 2.05) is 12.5 Å². The van der Waals surface area contributed by atoms with Crippen molar-refractivity contribution in [1.82, 2.24) is 19.4 Å². The Morgan fingerprint density at radius 1 is 1.09 bits per heavy atom. The molecule has 0 radical (unpaired) electrons. The quantitative estimate of drug-likeness (QED) is 0.494. The summed E-state index contributed by atoms with van der Waals surface area (Å²) in [6, 6.07) is 11.6. The van der Waals surface area contributed by atoms with Crippen LogP contribution in [0.25, 0.3) is 5.69 Å². The van der Waals surface area contributed by atoms with Crippen molar-refractivity contribution in [1.29, 1.82) is 0 Å². The van der Waals surface area contributed by atoms with Gasteiger partial charge < -0.3 is 9.47 Å². The summed E-state index contributed by atoms with van der Waals surface area (Å²) >= 11 is 0. The first-order chi connectivity index (χ1) is 16.9. The fourth-order valence-corrected chi connectivity index (χ4v) is 7.06. The van der Waals surface area contributed by atoms with Gasteiger partial charge in [0, 0.05) is 30.0 Å². The van der Waals surface area contributed by atoms with E-state index in [1.165, 1.54) is 59.6 Å². The number of benzene rings is 1. The molecule has 0 amide bonds. The fourth-order valence-electron chi connectivity index (χ4n) is 7.06. The van der Waals surface area contributed by atoms with Crippen LogP contribution in [0.2, 0.25) is 0 Å². The number of fused-ring (bicyclic) bond motifs is 2. The minimum Gasteiger partial charge on any atom is -0.346 e. The summed E-state index contributed by atoms with van der Waals surface area (Å²) in [5, 5.41) is 0. The molecule has 3 aromatic rings. The zero-order valence-corrected chi connectivity index (χ0v) is 21.4. The van der Waals surface area contributed by atoms with Crippen molar-refractivity contribution < 1.29 is 0 Å². The van der Waals surface area contributed by atoms with Gasteiger partial charge in [0.25, 0.3) is 0 Å². The molecule has 5 nitrogen and oxygen atoms in total. The molecular weight excluding hydrogens is 430 g/mol. The molecule has 180 valence electrons. The number of hydrogen-bond donors (Lipinski definition) is 0. The number of aryl methyl sites for hydroxylation is 3. The molecule has 2 saturated carbocycles. The molecule has 2 aliphatic carbocycles. The molecule has 4 aliphatic rings. The number of rotatable bonds is 4. The number of hydrogen-bond acceptors (Lipinski definition) is 4. The first-order valence-electron chi connectivity index (χ1n) is 13.3. The van der Waals surface area contributed by atoms with Gasteiger partial charge in [-0.25, -0.2) is 4.98 Å². The Hall–Kier alpha value is -2.95. The summed E-state index contributed by atoms with van der Waals surface area (Å²) in [4.78, 5) is 17.3. The number of aliphatic imine (C=N–C) groups is 1. The average Bonchev–Trinajstić information content (AvgIpc) is 3.68. The Morgan fingerprint density at radius 2 is 1.94 bits per heavy atom. The van der Waals surface area contributed by atoms with E-state index in [2.05, 4.69) is 78.7 Å². The van der Waals surface area contributed by atoms with Crippen molar-refractivity contribution >= 4 is 5.84 Å². The van der Waals surface area contributed by atoms with Crippen LogP contribution in [0.5, 0.6) is 0 Å². The Kier molecular flexibility index (Phi) is 4.30. The van der Waals surface area contributed by atoms with E-state index in [0.29, 0.717) is 11.3 Å². The predicted molar refractivity (Wildman–Crippen MR) is 139 cm³/mol. The molecule has 3 unspecified atom stereocenters. The Bertz CT molecular complexity index is 1350. The van der Waals surface area contributed by atoms with Crippen molar-refractivity contribution in [2.45, 2.75) is 71.3 Å². The van der Waals surface area contributed by atoms with Crippen LogP contribution >= 0.6 is 0 Å². The van der Waals surface area contributed by atoms with Crippen LogP contribution in [0.1, 0.15) is 73.5 Å². The zero-order chi connectivity index (χ0) is 24.0. The van der Waals surface area contributed by atoms with Crippen LogP contribution in [-0.2, 0) is 12.0 Å². The molecule has 2 spiro atoms. The second kappa shape index (κ2) is 7.05. The summed E-state index contributed by atoms with van der Waals surface area (Å²) in [5.41, 5.74) is 8.14. The van der Waals surface area contributed by atoms with Gasteiger partial charge in [0.1, 0.15) is 11.4 Å². The lowest BCUT2D eigenvalue weighted by atomic mass is 9.78. The van der Waals surface area contributed by atoms with Gasteiger partial charge in [-0.1, -0.05) is 25.1 Å². The second-order valence-corrected chi connectivity index (χ2v) is 12.0. The van der Waals surface area contributed by atoms with E-state index in [4.69, 9.17) is 9.98 Å². The molecule has 3 atom stereocenters. The normalized spacial score (nSPS) is 30.0. The Balaban J connectivity index is 1.24. The highest BCUT2D eigenvalue weighted by Gasteiger charge is 2.70. The number of amidine groups is 1. The van der Waals surface area contributed by atoms with Gasteiger partial charge in [-0.05, 0) is 93.0 Å². The minimum absolute atomic E-state index is 0.128.